The number of para-hydroxylation sites is 1. The highest BCUT2D eigenvalue weighted by atomic mass is 79.9. The topological polar surface area (TPSA) is 35.8 Å². The molecule has 2 aromatic rings. The second-order valence-electron chi connectivity index (χ2n) is 6.02. The number of benzene rings is 1. The summed E-state index contributed by atoms with van der Waals surface area (Å²) >= 11 is 3.31. The van der Waals surface area contributed by atoms with Crippen LogP contribution in [0.1, 0.15) is 5.76 Å². The first-order chi connectivity index (χ1) is 11.2. The van der Waals surface area contributed by atoms with Gasteiger partial charge in [0.15, 0.2) is 5.76 Å². The lowest BCUT2D eigenvalue weighted by atomic mass is 10.2. The quantitative estimate of drug-likeness (QED) is 0.771. The van der Waals surface area contributed by atoms with E-state index >= 15 is 0 Å². The lowest BCUT2D eigenvalue weighted by Gasteiger charge is -2.36. The van der Waals surface area contributed by atoms with Gasteiger partial charge in [0.05, 0.1) is 6.54 Å². The van der Waals surface area contributed by atoms with E-state index in [1.165, 1.54) is 5.69 Å². The second-order valence-corrected chi connectivity index (χ2v) is 6.83. The van der Waals surface area contributed by atoms with Gasteiger partial charge in [0.25, 0.3) is 0 Å². The van der Waals surface area contributed by atoms with Crippen LogP contribution in [-0.2, 0) is 6.54 Å². The summed E-state index contributed by atoms with van der Waals surface area (Å²) < 4.78 is 5.99. The Morgan fingerprint density at radius 1 is 1.17 bits per heavy atom. The third-order valence-corrected chi connectivity index (χ3v) is 4.62. The van der Waals surface area contributed by atoms with E-state index in [2.05, 4.69) is 73.2 Å². The SMILES string of the molecule is CN(CCN1CCN(c2ccccc2)CC1)Cc1cc(Br)no1. The summed E-state index contributed by atoms with van der Waals surface area (Å²) in [7, 11) is 2.12. The van der Waals surface area contributed by atoms with Gasteiger partial charge in [-0.1, -0.05) is 23.4 Å². The van der Waals surface area contributed by atoms with Crippen LogP contribution in [0.5, 0.6) is 0 Å². The minimum Gasteiger partial charge on any atom is -0.369 e. The van der Waals surface area contributed by atoms with E-state index in [1.807, 2.05) is 6.07 Å². The maximum atomic E-state index is 5.23. The maximum absolute atomic E-state index is 5.23. The van der Waals surface area contributed by atoms with Gasteiger partial charge in [-0.15, -0.1) is 0 Å². The maximum Gasteiger partial charge on any atom is 0.151 e. The van der Waals surface area contributed by atoms with E-state index in [0.717, 1.165) is 56.2 Å². The zero-order valence-corrected chi connectivity index (χ0v) is 15.1. The molecule has 0 N–H and O–H groups in total. The van der Waals surface area contributed by atoms with Gasteiger partial charge in [-0.2, -0.15) is 0 Å². The van der Waals surface area contributed by atoms with E-state index in [-0.39, 0.29) is 0 Å². The summed E-state index contributed by atoms with van der Waals surface area (Å²) in [5.74, 6) is 0.897. The van der Waals surface area contributed by atoms with E-state index < -0.39 is 0 Å². The fourth-order valence-electron chi connectivity index (χ4n) is 2.89. The van der Waals surface area contributed by atoms with Gasteiger partial charge in [-0.25, -0.2) is 0 Å². The molecule has 0 amide bonds. The Morgan fingerprint density at radius 2 is 1.91 bits per heavy atom. The summed E-state index contributed by atoms with van der Waals surface area (Å²) in [5, 5.41) is 3.86. The standard InChI is InChI=1S/C17H23BrN4O/c1-20(14-16-13-17(18)19-23-16)7-8-21-9-11-22(12-10-21)15-5-3-2-4-6-15/h2-6,13H,7-12,14H2,1H3. The van der Waals surface area contributed by atoms with Gasteiger partial charge in [-0.05, 0) is 35.1 Å². The highest BCUT2D eigenvalue weighted by molar-refractivity contribution is 9.10. The van der Waals surface area contributed by atoms with Crippen molar-refractivity contribution in [2.45, 2.75) is 6.54 Å². The molecule has 0 saturated carbocycles. The molecule has 0 radical (unpaired) electrons. The van der Waals surface area contributed by atoms with Crippen molar-refractivity contribution in [3.63, 3.8) is 0 Å². The molecule has 3 rings (SSSR count). The molecule has 124 valence electrons. The third-order valence-electron chi connectivity index (χ3n) is 4.25. The van der Waals surface area contributed by atoms with Crippen molar-refractivity contribution in [3.05, 3.63) is 46.8 Å². The van der Waals surface area contributed by atoms with Gasteiger partial charge in [0.2, 0.25) is 0 Å². The number of hydrogen-bond acceptors (Lipinski definition) is 5. The zero-order chi connectivity index (χ0) is 16.1. The Kier molecular flexibility index (Phi) is 5.70. The van der Waals surface area contributed by atoms with Crippen molar-refractivity contribution in [2.24, 2.45) is 0 Å². The Balaban J connectivity index is 1.39. The molecular formula is C17H23BrN4O. The second kappa shape index (κ2) is 7.95. The number of hydrogen-bond donors (Lipinski definition) is 0. The molecule has 23 heavy (non-hydrogen) atoms. The van der Waals surface area contributed by atoms with Crippen LogP contribution in [0.25, 0.3) is 0 Å². The first kappa shape index (κ1) is 16.5. The lowest BCUT2D eigenvalue weighted by molar-refractivity contribution is 0.202. The van der Waals surface area contributed by atoms with Crippen molar-refractivity contribution in [2.75, 3.05) is 51.2 Å². The largest absolute Gasteiger partial charge is 0.369 e. The fraction of sp³-hybridized carbons (Fsp3) is 0.471. The molecule has 1 aliphatic rings. The van der Waals surface area contributed by atoms with Crippen LogP contribution < -0.4 is 4.90 Å². The summed E-state index contributed by atoms with van der Waals surface area (Å²) in [6.07, 6.45) is 0. The van der Waals surface area contributed by atoms with Gasteiger partial charge < -0.3 is 9.42 Å². The molecule has 1 aromatic carbocycles. The zero-order valence-electron chi connectivity index (χ0n) is 13.5. The normalized spacial score (nSPS) is 16.2. The van der Waals surface area contributed by atoms with Crippen molar-refractivity contribution in [1.29, 1.82) is 0 Å². The molecule has 5 nitrogen and oxygen atoms in total. The fourth-order valence-corrected chi connectivity index (χ4v) is 3.22. The van der Waals surface area contributed by atoms with Crippen LogP contribution in [0.15, 0.2) is 45.5 Å². The first-order valence-electron chi connectivity index (χ1n) is 8.03. The molecule has 0 aliphatic carbocycles. The van der Waals surface area contributed by atoms with Crippen LogP contribution in [0, 0.1) is 0 Å². The number of anilines is 1. The number of aromatic nitrogens is 1. The van der Waals surface area contributed by atoms with Crippen molar-refractivity contribution in [3.8, 4) is 0 Å². The predicted octanol–water partition coefficient (Wildman–Crippen LogP) is 2.69. The number of likely N-dealkylation sites (N-methyl/N-ethyl adjacent to an activating group) is 1. The summed E-state index contributed by atoms with van der Waals surface area (Å²) in [5.41, 5.74) is 1.33. The molecule has 0 unspecified atom stereocenters. The minimum absolute atomic E-state index is 0.762. The smallest absolute Gasteiger partial charge is 0.151 e. The summed E-state index contributed by atoms with van der Waals surface area (Å²) in [6, 6.07) is 12.6. The third kappa shape index (κ3) is 4.80. The highest BCUT2D eigenvalue weighted by Crippen LogP contribution is 2.15. The first-order valence-corrected chi connectivity index (χ1v) is 8.82. The van der Waals surface area contributed by atoms with Crippen LogP contribution in [0.3, 0.4) is 0 Å². The van der Waals surface area contributed by atoms with Crippen LogP contribution in [0.2, 0.25) is 0 Å². The van der Waals surface area contributed by atoms with Gasteiger partial charge in [0.1, 0.15) is 4.60 Å². The molecule has 0 bridgehead atoms. The van der Waals surface area contributed by atoms with E-state index in [1.54, 1.807) is 0 Å². The Morgan fingerprint density at radius 3 is 2.57 bits per heavy atom. The van der Waals surface area contributed by atoms with Crippen LogP contribution in [-0.4, -0.2) is 61.3 Å². The number of piperazine rings is 1. The van der Waals surface area contributed by atoms with E-state index in [4.69, 9.17) is 4.52 Å². The molecule has 2 heterocycles. The van der Waals surface area contributed by atoms with Crippen LogP contribution >= 0.6 is 15.9 Å². The molecule has 1 aliphatic heterocycles. The Bertz CT molecular complexity index is 596. The van der Waals surface area contributed by atoms with Gasteiger partial charge in [-0.3, -0.25) is 9.80 Å². The summed E-state index contributed by atoms with van der Waals surface area (Å²) in [4.78, 5) is 7.27. The predicted molar refractivity (Wildman–Crippen MR) is 95.6 cm³/mol. The van der Waals surface area contributed by atoms with E-state index in [0.29, 0.717) is 0 Å². The molecule has 0 atom stereocenters. The van der Waals surface area contributed by atoms with Crippen molar-refractivity contribution < 1.29 is 4.52 Å². The Hall–Kier alpha value is -1.37. The summed E-state index contributed by atoms with van der Waals surface area (Å²) in [6.45, 7) is 7.36. The highest BCUT2D eigenvalue weighted by Gasteiger charge is 2.17. The average molecular weight is 379 g/mol. The molecule has 1 fully saturated rings. The number of halogens is 1. The molecule has 6 heteroatoms. The molecule has 1 aromatic heterocycles. The van der Waals surface area contributed by atoms with Gasteiger partial charge >= 0.3 is 0 Å². The Labute approximate surface area is 146 Å². The van der Waals surface area contributed by atoms with Crippen molar-refractivity contribution >= 4 is 21.6 Å². The minimum atomic E-state index is 0.762. The lowest BCUT2D eigenvalue weighted by Crippen LogP contribution is -2.48. The molecule has 0 spiro atoms. The average Bonchev–Trinajstić information content (AvgIpc) is 2.99. The number of rotatable bonds is 6. The monoisotopic (exact) mass is 378 g/mol. The number of nitrogens with zero attached hydrogens (tertiary/aromatic N) is 4. The van der Waals surface area contributed by atoms with Crippen molar-refractivity contribution in [1.82, 2.24) is 15.0 Å². The van der Waals surface area contributed by atoms with E-state index in [9.17, 15) is 0 Å². The molecule has 1 saturated heterocycles. The van der Waals surface area contributed by atoms with Gasteiger partial charge in [0, 0.05) is 51.0 Å². The molecular weight excluding hydrogens is 356 g/mol. The van der Waals surface area contributed by atoms with Crippen LogP contribution in [0.4, 0.5) is 5.69 Å².